The van der Waals surface area contributed by atoms with E-state index in [1.54, 1.807) is 0 Å². The fraction of sp³-hybridized carbons (Fsp3) is 0.286. The lowest BCUT2D eigenvalue weighted by molar-refractivity contribution is 1.22. The zero-order valence-electron chi connectivity index (χ0n) is 9.46. The SMILES string of the molecule is CC=C=C(CC)c1ccc(C#N)cc1C. The van der Waals surface area contributed by atoms with Crippen molar-refractivity contribution in [3.8, 4) is 6.07 Å². The Bertz CT molecular complexity index is 455. The maximum atomic E-state index is 8.77. The number of hydrogen-bond acceptors (Lipinski definition) is 1. The minimum Gasteiger partial charge on any atom is -0.192 e. The molecular formula is C14H15N. The van der Waals surface area contributed by atoms with Gasteiger partial charge in [0.1, 0.15) is 0 Å². The van der Waals surface area contributed by atoms with Gasteiger partial charge in [0.05, 0.1) is 11.6 Å². The van der Waals surface area contributed by atoms with E-state index in [4.69, 9.17) is 5.26 Å². The second-order valence-electron chi connectivity index (χ2n) is 3.41. The Morgan fingerprint density at radius 3 is 2.67 bits per heavy atom. The number of aryl methyl sites for hydroxylation is 1. The van der Waals surface area contributed by atoms with Gasteiger partial charge in [0, 0.05) is 5.57 Å². The average Bonchev–Trinajstić information content (AvgIpc) is 2.26. The fourth-order valence-corrected chi connectivity index (χ4v) is 1.62. The van der Waals surface area contributed by atoms with E-state index < -0.39 is 0 Å². The molecule has 0 saturated heterocycles. The lowest BCUT2D eigenvalue weighted by Crippen LogP contribution is -1.88. The minimum absolute atomic E-state index is 0.715. The molecule has 0 N–H and O–H groups in total. The van der Waals surface area contributed by atoms with Gasteiger partial charge in [0.2, 0.25) is 0 Å². The van der Waals surface area contributed by atoms with Crippen LogP contribution in [0.1, 0.15) is 37.0 Å². The molecule has 0 fully saturated rings. The maximum Gasteiger partial charge on any atom is 0.0991 e. The van der Waals surface area contributed by atoms with Crippen LogP contribution in [0.25, 0.3) is 5.57 Å². The van der Waals surface area contributed by atoms with E-state index in [1.165, 1.54) is 11.1 Å². The highest BCUT2D eigenvalue weighted by Crippen LogP contribution is 2.21. The molecule has 1 aromatic rings. The predicted molar refractivity (Wildman–Crippen MR) is 63.3 cm³/mol. The lowest BCUT2D eigenvalue weighted by atomic mass is 9.97. The highest BCUT2D eigenvalue weighted by atomic mass is 14.2. The van der Waals surface area contributed by atoms with Crippen molar-refractivity contribution in [3.05, 3.63) is 46.7 Å². The van der Waals surface area contributed by atoms with Gasteiger partial charge in [-0.05, 0) is 49.6 Å². The van der Waals surface area contributed by atoms with Crippen molar-refractivity contribution in [2.24, 2.45) is 0 Å². The molecule has 1 aromatic carbocycles. The average molecular weight is 197 g/mol. The van der Waals surface area contributed by atoms with Gasteiger partial charge in [-0.1, -0.05) is 13.0 Å². The Morgan fingerprint density at radius 1 is 1.47 bits per heavy atom. The first-order chi connectivity index (χ1) is 7.22. The number of allylic oxidation sites excluding steroid dienone is 1. The molecule has 0 aliphatic heterocycles. The predicted octanol–water partition coefficient (Wildman–Crippen LogP) is 3.84. The van der Waals surface area contributed by atoms with Gasteiger partial charge in [0.25, 0.3) is 0 Å². The lowest BCUT2D eigenvalue weighted by Gasteiger charge is -2.06. The number of benzene rings is 1. The van der Waals surface area contributed by atoms with Crippen molar-refractivity contribution in [1.82, 2.24) is 0 Å². The summed E-state index contributed by atoms with van der Waals surface area (Å²) < 4.78 is 0. The second kappa shape index (κ2) is 5.20. The first-order valence-electron chi connectivity index (χ1n) is 5.14. The Hall–Kier alpha value is -1.77. The molecule has 0 aliphatic carbocycles. The third-order valence-electron chi connectivity index (χ3n) is 2.35. The molecule has 76 valence electrons. The molecule has 15 heavy (non-hydrogen) atoms. The molecular weight excluding hydrogens is 182 g/mol. The highest BCUT2D eigenvalue weighted by molar-refractivity contribution is 5.68. The molecule has 0 atom stereocenters. The van der Waals surface area contributed by atoms with Crippen molar-refractivity contribution in [2.75, 3.05) is 0 Å². The summed E-state index contributed by atoms with van der Waals surface area (Å²) in [5.74, 6) is 0. The van der Waals surface area contributed by atoms with Gasteiger partial charge in [-0.15, -0.1) is 5.73 Å². The summed E-state index contributed by atoms with van der Waals surface area (Å²) in [7, 11) is 0. The minimum atomic E-state index is 0.715. The zero-order valence-corrected chi connectivity index (χ0v) is 9.46. The largest absolute Gasteiger partial charge is 0.192 e. The summed E-state index contributed by atoms with van der Waals surface area (Å²) >= 11 is 0. The monoisotopic (exact) mass is 197 g/mol. The summed E-state index contributed by atoms with van der Waals surface area (Å²) in [4.78, 5) is 0. The van der Waals surface area contributed by atoms with Crippen LogP contribution in [0, 0.1) is 18.3 Å². The Morgan fingerprint density at radius 2 is 2.20 bits per heavy atom. The molecule has 1 heteroatoms. The number of hydrogen-bond donors (Lipinski definition) is 0. The molecule has 0 heterocycles. The summed E-state index contributed by atoms with van der Waals surface area (Å²) in [6, 6.07) is 7.93. The molecule has 0 unspecified atom stereocenters. The van der Waals surface area contributed by atoms with Gasteiger partial charge in [-0.2, -0.15) is 5.26 Å². The van der Waals surface area contributed by atoms with Crippen LogP contribution >= 0.6 is 0 Å². The fourth-order valence-electron chi connectivity index (χ4n) is 1.62. The van der Waals surface area contributed by atoms with E-state index in [0.717, 1.165) is 12.0 Å². The van der Waals surface area contributed by atoms with E-state index in [9.17, 15) is 0 Å². The summed E-state index contributed by atoms with van der Waals surface area (Å²) in [6.07, 6.45) is 2.88. The third kappa shape index (κ3) is 2.59. The van der Waals surface area contributed by atoms with Crippen LogP contribution in [0.5, 0.6) is 0 Å². The molecule has 0 saturated carbocycles. The number of nitriles is 1. The van der Waals surface area contributed by atoms with Gasteiger partial charge in [-0.25, -0.2) is 0 Å². The summed E-state index contributed by atoms with van der Waals surface area (Å²) in [5, 5.41) is 8.77. The van der Waals surface area contributed by atoms with Crippen LogP contribution in [0.2, 0.25) is 0 Å². The molecule has 0 aliphatic rings. The molecule has 0 aromatic heterocycles. The normalized spacial score (nSPS) is 8.93. The molecule has 0 bridgehead atoms. The third-order valence-corrected chi connectivity index (χ3v) is 2.35. The van der Waals surface area contributed by atoms with E-state index in [1.807, 2.05) is 38.1 Å². The number of rotatable bonds is 2. The molecule has 0 spiro atoms. The van der Waals surface area contributed by atoms with Crippen LogP contribution in [-0.2, 0) is 0 Å². The van der Waals surface area contributed by atoms with Crippen LogP contribution in [-0.4, -0.2) is 0 Å². The van der Waals surface area contributed by atoms with Crippen molar-refractivity contribution in [2.45, 2.75) is 27.2 Å². The zero-order chi connectivity index (χ0) is 11.3. The Labute approximate surface area is 91.4 Å². The molecule has 0 radical (unpaired) electrons. The highest BCUT2D eigenvalue weighted by Gasteiger charge is 2.03. The Kier molecular flexibility index (Phi) is 3.92. The van der Waals surface area contributed by atoms with Gasteiger partial charge >= 0.3 is 0 Å². The van der Waals surface area contributed by atoms with Gasteiger partial charge in [0.15, 0.2) is 0 Å². The molecule has 0 amide bonds. The van der Waals surface area contributed by atoms with E-state index in [-0.39, 0.29) is 0 Å². The smallest absolute Gasteiger partial charge is 0.0991 e. The van der Waals surface area contributed by atoms with Crippen LogP contribution < -0.4 is 0 Å². The van der Waals surface area contributed by atoms with Crippen molar-refractivity contribution < 1.29 is 0 Å². The van der Waals surface area contributed by atoms with Crippen molar-refractivity contribution in [1.29, 1.82) is 5.26 Å². The van der Waals surface area contributed by atoms with Crippen molar-refractivity contribution in [3.63, 3.8) is 0 Å². The van der Waals surface area contributed by atoms with Gasteiger partial charge < -0.3 is 0 Å². The van der Waals surface area contributed by atoms with Crippen molar-refractivity contribution >= 4 is 5.57 Å². The standard InChI is InChI=1S/C14H15N/c1-4-6-13(5-2)14-8-7-12(10-15)9-11(14)3/h4,7-9H,5H2,1-3H3. The van der Waals surface area contributed by atoms with Crippen LogP contribution in [0.4, 0.5) is 0 Å². The first-order valence-corrected chi connectivity index (χ1v) is 5.14. The maximum absolute atomic E-state index is 8.77. The topological polar surface area (TPSA) is 23.8 Å². The number of nitrogens with zero attached hydrogens (tertiary/aromatic N) is 1. The first kappa shape index (κ1) is 11.3. The van der Waals surface area contributed by atoms with E-state index >= 15 is 0 Å². The quantitative estimate of drug-likeness (QED) is 0.661. The Balaban J connectivity index is 3.28. The van der Waals surface area contributed by atoms with Crippen LogP contribution in [0.3, 0.4) is 0 Å². The second-order valence-corrected chi connectivity index (χ2v) is 3.41. The summed E-state index contributed by atoms with van der Waals surface area (Å²) in [6.45, 7) is 6.11. The van der Waals surface area contributed by atoms with E-state index in [2.05, 4.69) is 18.7 Å². The van der Waals surface area contributed by atoms with Crippen LogP contribution in [0.15, 0.2) is 30.0 Å². The molecule has 1 nitrogen and oxygen atoms in total. The van der Waals surface area contributed by atoms with Gasteiger partial charge in [-0.3, -0.25) is 0 Å². The van der Waals surface area contributed by atoms with E-state index in [0.29, 0.717) is 5.56 Å². The molecule has 1 rings (SSSR count). The summed E-state index contributed by atoms with van der Waals surface area (Å²) in [5.41, 5.74) is 7.47.